The third kappa shape index (κ3) is 6.72. The second-order valence-corrected chi connectivity index (χ2v) is 14.5. The Bertz CT molecular complexity index is 2990. The largest absolute Gasteiger partial charge is 0.309 e. The summed E-state index contributed by atoms with van der Waals surface area (Å²) >= 11 is 0. The van der Waals surface area contributed by atoms with Gasteiger partial charge < -0.3 is 4.57 Å². The molecular weight excluding hydrogens is 703 g/mol. The first kappa shape index (κ1) is 36.1. The summed E-state index contributed by atoms with van der Waals surface area (Å²) < 4.78 is 2.38. The van der Waals surface area contributed by atoms with Gasteiger partial charge in [-0.2, -0.15) is 0 Å². The third-order valence-corrected chi connectivity index (χ3v) is 11.1. The van der Waals surface area contributed by atoms with E-state index >= 15 is 0 Å². The average molecular weight is 744 g/mol. The molecule has 0 amide bonds. The first-order valence-corrected chi connectivity index (χ1v) is 19.7. The van der Waals surface area contributed by atoms with Crippen LogP contribution in [0.25, 0.3) is 60.9 Å². The molecule has 0 radical (unpaired) electrons. The Balaban J connectivity index is 0.00000215. The van der Waals surface area contributed by atoms with Crippen molar-refractivity contribution in [1.82, 2.24) is 4.57 Å². The van der Waals surface area contributed by atoms with E-state index in [1.807, 2.05) is 12.1 Å². The number of rotatable bonds is 7. The van der Waals surface area contributed by atoms with Gasteiger partial charge in [0, 0.05) is 27.7 Å². The van der Waals surface area contributed by atoms with Gasteiger partial charge in [0.25, 0.3) is 0 Å². The highest BCUT2D eigenvalue weighted by atomic mass is 15.0. The Morgan fingerprint density at radius 1 is 0.552 bits per heavy atom. The molecule has 0 saturated heterocycles. The monoisotopic (exact) mass is 743 g/mol. The lowest BCUT2D eigenvalue weighted by molar-refractivity contribution is 1.06. The molecule has 1 heterocycles. The maximum atomic E-state index is 5.30. The van der Waals surface area contributed by atoms with Gasteiger partial charge in [-0.1, -0.05) is 152 Å². The quantitative estimate of drug-likeness (QED) is 0.0884. The molecule has 0 aliphatic heterocycles. The van der Waals surface area contributed by atoms with Gasteiger partial charge in [0.1, 0.15) is 0 Å². The lowest BCUT2D eigenvalue weighted by Crippen LogP contribution is -2.06. The SMILES string of the molecule is C#C.CC(=NC(=NCc1ccccc1)c1cccc2c1-c1cc(-c3ccccc3)cc(-c3ccc4c(c3)c3ccccc3n4-c3ccccc3)c1C2)c1ccccc1. The molecule has 0 unspecified atom stereocenters. The minimum Gasteiger partial charge on any atom is -0.309 e. The Hall–Kier alpha value is -7.54. The van der Waals surface area contributed by atoms with Gasteiger partial charge in [-0.05, 0) is 111 Å². The maximum absolute atomic E-state index is 5.30. The van der Waals surface area contributed by atoms with Crippen LogP contribution >= 0.6 is 0 Å². The zero-order valence-electron chi connectivity index (χ0n) is 32.4. The minimum absolute atomic E-state index is 0.546. The lowest BCUT2D eigenvalue weighted by atomic mass is 9.89. The van der Waals surface area contributed by atoms with Crippen LogP contribution in [0.2, 0.25) is 0 Å². The van der Waals surface area contributed by atoms with Gasteiger partial charge in [-0.25, -0.2) is 4.99 Å². The molecule has 10 rings (SSSR count). The van der Waals surface area contributed by atoms with Crippen molar-refractivity contribution >= 4 is 33.4 Å². The van der Waals surface area contributed by atoms with Gasteiger partial charge in [0.15, 0.2) is 5.84 Å². The minimum atomic E-state index is 0.546. The van der Waals surface area contributed by atoms with Crippen LogP contribution in [0.5, 0.6) is 0 Å². The third-order valence-electron chi connectivity index (χ3n) is 11.1. The molecule has 276 valence electrons. The van der Waals surface area contributed by atoms with Gasteiger partial charge in [0.2, 0.25) is 0 Å². The second-order valence-electron chi connectivity index (χ2n) is 14.5. The molecule has 3 nitrogen and oxygen atoms in total. The standard InChI is InChI=1S/C53H39N3.C2H2/c1-36(38-19-8-3-9-20-38)55-53(54-35-37-17-6-2-7-18-37)45-27-16-23-41-32-47-46(33-42(34-49(47)52(41)45)39-21-10-4-11-22-39)40-29-30-51-48(31-40)44-26-14-15-28-50(44)56(51)43-24-12-5-13-25-43;1-2/h2-31,33-34H,32,35H2,1H3;1-2H. The van der Waals surface area contributed by atoms with E-state index in [1.54, 1.807) is 0 Å². The molecule has 0 saturated carbocycles. The second kappa shape index (κ2) is 15.9. The first-order chi connectivity index (χ1) is 28.7. The molecular formula is C55H41N3. The summed E-state index contributed by atoms with van der Waals surface area (Å²) in [4.78, 5) is 10.6. The molecule has 0 fully saturated rings. The molecule has 3 heteroatoms. The van der Waals surface area contributed by atoms with Crippen molar-refractivity contribution in [3.8, 4) is 51.9 Å². The molecule has 0 atom stereocenters. The number of benzene rings is 8. The van der Waals surface area contributed by atoms with Crippen molar-refractivity contribution in [2.45, 2.75) is 19.9 Å². The number of aromatic nitrogens is 1. The van der Waals surface area contributed by atoms with Crippen molar-refractivity contribution in [3.63, 3.8) is 0 Å². The fourth-order valence-electron chi connectivity index (χ4n) is 8.41. The average Bonchev–Trinajstić information content (AvgIpc) is 3.85. The number of hydrogen-bond acceptors (Lipinski definition) is 1. The highest BCUT2D eigenvalue weighted by Crippen LogP contribution is 2.47. The van der Waals surface area contributed by atoms with Crippen molar-refractivity contribution in [1.29, 1.82) is 0 Å². The van der Waals surface area contributed by atoms with Crippen molar-refractivity contribution in [2.75, 3.05) is 0 Å². The smallest absolute Gasteiger partial charge is 0.155 e. The van der Waals surface area contributed by atoms with E-state index in [0.717, 1.165) is 40.3 Å². The first-order valence-electron chi connectivity index (χ1n) is 19.7. The number of nitrogens with zero attached hydrogens (tertiary/aromatic N) is 3. The summed E-state index contributed by atoms with van der Waals surface area (Å²) in [5.41, 5.74) is 17.8. The van der Waals surface area contributed by atoms with Gasteiger partial charge in [-0.3, -0.25) is 4.99 Å². The van der Waals surface area contributed by atoms with Crippen LogP contribution in [0.4, 0.5) is 0 Å². The number of amidine groups is 1. The zero-order valence-corrected chi connectivity index (χ0v) is 32.4. The van der Waals surface area contributed by atoms with E-state index in [9.17, 15) is 0 Å². The molecule has 58 heavy (non-hydrogen) atoms. The van der Waals surface area contributed by atoms with Crippen LogP contribution in [-0.2, 0) is 13.0 Å². The van der Waals surface area contributed by atoms with E-state index in [0.29, 0.717) is 6.54 Å². The predicted octanol–water partition coefficient (Wildman–Crippen LogP) is 13.4. The summed E-state index contributed by atoms with van der Waals surface area (Å²) in [5, 5.41) is 2.50. The van der Waals surface area contributed by atoms with Crippen molar-refractivity contribution in [2.24, 2.45) is 9.98 Å². The fraction of sp³-hybridized carbons (Fsp3) is 0.0545. The molecule has 0 N–H and O–H groups in total. The van der Waals surface area contributed by atoms with E-state index in [-0.39, 0.29) is 0 Å². The number of para-hydroxylation sites is 2. The highest BCUT2D eigenvalue weighted by Gasteiger charge is 2.28. The van der Waals surface area contributed by atoms with Crippen molar-refractivity contribution < 1.29 is 0 Å². The molecule has 1 aromatic heterocycles. The number of terminal acetylenes is 1. The number of hydrogen-bond donors (Lipinski definition) is 0. The molecule has 0 bridgehead atoms. The Kier molecular flexibility index (Phi) is 9.90. The van der Waals surface area contributed by atoms with E-state index in [1.165, 1.54) is 66.3 Å². The van der Waals surface area contributed by atoms with E-state index in [2.05, 4.69) is 206 Å². The topological polar surface area (TPSA) is 29.6 Å². The summed E-state index contributed by atoms with van der Waals surface area (Å²) in [7, 11) is 0. The van der Waals surface area contributed by atoms with Crippen LogP contribution in [0.1, 0.15) is 34.7 Å². The highest BCUT2D eigenvalue weighted by molar-refractivity contribution is 6.15. The Morgan fingerprint density at radius 3 is 1.95 bits per heavy atom. The number of fused-ring (bicyclic) bond motifs is 6. The molecule has 1 aliphatic carbocycles. The predicted molar refractivity (Wildman–Crippen MR) is 245 cm³/mol. The van der Waals surface area contributed by atoms with Gasteiger partial charge in [-0.15, -0.1) is 12.8 Å². The van der Waals surface area contributed by atoms with E-state index in [4.69, 9.17) is 9.98 Å². The fourth-order valence-corrected chi connectivity index (χ4v) is 8.41. The molecule has 0 spiro atoms. The summed E-state index contributed by atoms with van der Waals surface area (Å²) in [5.74, 6) is 0.752. The zero-order chi connectivity index (χ0) is 39.4. The Morgan fingerprint density at radius 2 is 1.19 bits per heavy atom. The molecule has 9 aromatic rings. The summed E-state index contributed by atoms with van der Waals surface area (Å²) in [6.45, 7) is 2.63. The molecule has 8 aromatic carbocycles. The lowest BCUT2D eigenvalue weighted by Gasteiger charge is -2.15. The summed E-state index contributed by atoms with van der Waals surface area (Å²) in [6, 6.07) is 69.6. The van der Waals surface area contributed by atoms with Crippen LogP contribution < -0.4 is 0 Å². The summed E-state index contributed by atoms with van der Waals surface area (Å²) in [6.07, 6.45) is 8.83. The van der Waals surface area contributed by atoms with Crippen LogP contribution in [0.15, 0.2) is 204 Å². The maximum Gasteiger partial charge on any atom is 0.155 e. The van der Waals surface area contributed by atoms with Crippen LogP contribution in [0, 0.1) is 12.8 Å². The number of aliphatic imine (C=N–C) groups is 2. The Labute approximate surface area is 340 Å². The van der Waals surface area contributed by atoms with Crippen LogP contribution in [-0.4, -0.2) is 16.1 Å². The van der Waals surface area contributed by atoms with Crippen molar-refractivity contribution in [3.05, 3.63) is 222 Å². The molecule has 1 aliphatic rings. The normalized spacial score (nSPS) is 12.2. The van der Waals surface area contributed by atoms with Gasteiger partial charge in [0.05, 0.1) is 17.6 Å². The van der Waals surface area contributed by atoms with E-state index < -0.39 is 0 Å². The van der Waals surface area contributed by atoms with Gasteiger partial charge >= 0.3 is 0 Å². The van der Waals surface area contributed by atoms with Crippen LogP contribution in [0.3, 0.4) is 0 Å².